The fourth-order valence-electron chi connectivity index (χ4n) is 2.98. The molecule has 2 N–H and O–H groups in total. The van der Waals surface area contributed by atoms with Gasteiger partial charge in [-0.3, -0.25) is 14.7 Å². The summed E-state index contributed by atoms with van der Waals surface area (Å²) in [5.41, 5.74) is 1.58. The molecule has 2 fully saturated rings. The van der Waals surface area contributed by atoms with Crippen LogP contribution in [0.25, 0.3) is 0 Å². The van der Waals surface area contributed by atoms with Crippen molar-refractivity contribution in [3.05, 3.63) is 17.5 Å². The lowest BCUT2D eigenvalue weighted by Crippen LogP contribution is -2.35. The first kappa shape index (κ1) is 14.1. The Bertz CT molecular complexity index is 535. The maximum Gasteiger partial charge on any atom is 0.257 e. The minimum absolute atomic E-state index is 0.0197. The molecule has 7 heteroatoms. The molecule has 2 aliphatic rings. The van der Waals surface area contributed by atoms with E-state index in [4.69, 9.17) is 0 Å². The number of carbonyl (C=O) groups excluding carboxylic acids is 2. The molecule has 114 valence electrons. The van der Waals surface area contributed by atoms with E-state index in [-0.39, 0.29) is 11.8 Å². The number of nitrogens with one attached hydrogen (secondary N) is 2. The van der Waals surface area contributed by atoms with Crippen LogP contribution in [0, 0.1) is 0 Å². The Hall–Kier alpha value is -1.89. The van der Waals surface area contributed by atoms with Gasteiger partial charge in [-0.2, -0.15) is 5.10 Å². The van der Waals surface area contributed by atoms with Crippen molar-refractivity contribution in [3.8, 4) is 0 Å². The van der Waals surface area contributed by atoms with Crippen LogP contribution in [0.5, 0.6) is 0 Å². The molecule has 0 aliphatic carbocycles. The maximum atomic E-state index is 12.7. The third-order valence-electron chi connectivity index (χ3n) is 4.38. The van der Waals surface area contributed by atoms with Crippen LogP contribution in [0.4, 0.5) is 0 Å². The summed E-state index contributed by atoms with van der Waals surface area (Å²) in [7, 11) is 1.78. The Kier molecular flexibility index (Phi) is 3.92. The highest BCUT2D eigenvalue weighted by Crippen LogP contribution is 2.24. The average molecular weight is 291 g/mol. The highest BCUT2D eigenvalue weighted by atomic mass is 16.2. The predicted molar refractivity (Wildman–Crippen MR) is 77.0 cm³/mol. The van der Waals surface area contributed by atoms with E-state index in [1.165, 1.54) is 0 Å². The van der Waals surface area contributed by atoms with E-state index in [9.17, 15) is 9.59 Å². The zero-order valence-corrected chi connectivity index (χ0v) is 12.3. The van der Waals surface area contributed by atoms with Gasteiger partial charge in [0.2, 0.25) is 5.91 Å². The second kappa shape index (κ2) is 5.85. The standard InChI is InChI=1S/C14H21N5O2/c1-18-6-7-19(5-3-12(18)20)14(21)11-9-16-17-13(11)10-2-4-15-8-10/h9-10,15H,2-8H2,1H3,(H,16,17). The topological polar surface area (TPSA) is 81.3 Å². The summed E-state index contributed by atoms with van der Waals surface area (Å²) < 4.78 is 0. The monoisotopic (exact) mass is 291 g/mol. The van der Waals surface area contributed by atoms with Crippen LogP contribution in [-0.4, -0.2) is 71.6 Å². The molecule has 0 bridgehead atoms. The van der Waals surface area contributed by atoms with Crippen LogP contribution < -0.4 is 5.32 Å². The highest BCUT2D eigenvalue weighted by Gasteiger charge is 2.28. The molecule has 2 aliphatic heterocycles. The molecule has 0 saturated carbocycles. The first-order chi connectivity index (χ1) is 10.2. The predicted octanol–water partition coefficient (Wildman–Crippen LogP) is -0.209. The molecule has 1 aromatic heterocycles. The van der Waals surface area contributed by atoms with Crippen LogP contribution >= 0.6 is 0 Å². The van der Waals surface area contributed by atoms with Gasteiger partial charge in [0.1, 0.15) is 0 Å². The fraction of sp³-hybridized carbons (Fsp3) is 0.643. The van der Waals surface area contributed by atoms with Gasteiger partial charge >= 0.3 is 0 Å². The normalized spacial score (nSPS) is 23.5. The molecule has 0 aromatic carbocycles. The molecule has 3 rings (SSSR count). The highest BCUT2D eigenvalue weighted by molar-refractivity contribution is 5.95. The number of H-pyrrole nitrogens is 1. The van der Waals surface area contributed by atoms with Gasteiger partial charge < -0.3 is 15.1 Å². The van der Waals surface area contributed by atoms with Crippen LogP contribution in [0.2, 0.25) is 0 Å². The first-order valence-electron chi connectivity index (χ1n) is 7.44. The third-order valence-corrected chi connectivity index (χ3v) is 4.38. The molecule has 1 aromatic rings. The summed E-state index contributed by atoms with van der Waals surface area (Å²) in [4.78, 5) is 27.9. The van der Waals surface area contributed by atoms with Gasteiger partial charge in [0.25, 0.3) is 5.91 Å². The summed E-state index contributed by atoms with van der Waals surface area (Å²) in [5, 5.41) is 10.3. The van der Waals surface area contributed by atoms with Gasteiger partial charge in [-0.15, -0.1) is 0 Å². The molecule has 1 unspecified atom stereocenters. The van der Waals surface area contributed by atoms with E-state index in [1.54, 1.807) is 23.0 Å². The first-order valence-corrected chi connectivity index (χ1v) is 7.44. The fourth-order valence-corrected chi connectivity index (χ4v) is 2.98. The lowest BCUT2D eigenvalue weighted by atomic mass is 10.0. The lowest BCUT2D eigenvalue weighted by molar-refractivity contribution is -0.129. The number of aromatic nitrogens is 2. The van der Waals surface area contributed by atoms with Gasteiger partial charge in [0.05, 0.1) is 17.5 Å². The minimum Gasteiger partial charge on any atom is -0.344 e. The summed E-state index contributed by atoms with van der Waals surface area (Å²) in [6.45, 7) is 3.50. The van der Waals surface area contributed by atoms with E-state index in [0.717, 1.165) is 25.2 Å². The van der Waals surface area contributed by atoms with Crippen molar-refractivity contribution >= 4 is 11.8 Å². The summed E-state index contributed by atoms with van der Waals surface area (Å²) in [5.74, 6) is 0.397. The zero-order valence-electron chi connectivity index (χ0n) is 12.3. The van der Waals surface area contributed by atoms with Gasteiger partial charge in [-0.1, -0.05) is 0 Å². The van der Waals surface area contributed by atoms with Gasteiger partial charge in [0.15, 0.2) is 0 Å². The molecule has 2 saturated heterocycles. The second-order valence-corrected chi connectivity index (χ2v) is 5.74. The minimum atomic E-state index is -0.0197. The molecule has 0 spiro atoms. The van der Waals surface area contributed by atoms with E-state index in [0.29, 0.717) is 37.5 Å². The number of rotatable bonds is 2. The number of carbonyl (C=O) groups is 2. The SMILES string of the molecule is CN1CCN(C(=O)c2cn[nH]c2C2CCNC2)CCC1=O. The van der Waals surface area contributed by atoms with Gasteiger partial charge in [-0.25, -0.2) is 0 Å². The van der Waals surface area contributed by atoms with Crippen molar-refractivity contribution in [1.82, 2.24) is 25.3 Å². The van der Waals surface area contributed by atoms with Crippen LogP contribution in [0.1, 0.15) is 34.8 Å². The number of hydrogen-bond donors (Lipinski definition) is 2. The largest absolute Gasteiger partial charge is 0.344 e. The Labute approximate surface area is 123 Å². The number of aromatic amines is 1. The van der Waals surface area contributed by atoms with Crippen molar-refractivity contribution in [2.45, 2.75) is 18.8 Å². The maximum absolute atomic E-state index is 12.7. The molecule has 2 amide bonds. The molecule has 7 nitrogen and oxygen atoms in total. The van der Waals surface area contributed by atoms with E-state index < -0.39 is 0 Å². The Morgan fingerprint density at radius 3 is 3.00 bits per heavy atom. The van der Waals surface area contributed by atoms with Crippen LogP contribution in [0.3, 0.4) is 0 Å². The Morgan fingerprint density at radius 1 is 1.38 bits per heavy atom. The van der Waals surface area contributed by atoms with Crippen molar-refractivity contribution in [3.63, 3.8) is 0 Å². The Morgan fingerprint density at radius 2 is 2.24 bits per heavy atom. The van der Waals surface area contributed by atoms with E-state index >= 15 is 0 Å². The van der Waals surface area contributed by atoms with Crippen molar-refractivity contribution < 1.29 is 9.59 Å². The smallest absolute Gasteiger partial charge is 0.257 e. The summed E-state index contributed by atoms with van der Waals surface area (Å²) in [6.07, 6.45) is 3.02. The number of likely N-dealkylation sites (N-methyl/N-ethyl adjacent to an activating group) is 1. The van der Waals surface area contributed by atoms with Gasteiger partial charge in [-0.05, 0) is 13.0 Å². The third kappa shape index (κ3) is 2.78. The molecular formula is C14H21N5O2. The van der Waals surface area contributed by atoms with Crippen molar-refractivity contribution in [2.75, 3.05) is 39.8 Å². The van der Waals surface area contributed by atoms with Gasteiger partial charge in [0, 0.05) is 45.6 Å². The molecule has 21 heavy (non-hydrogen) atoms. The summed E-state index contributed by atoms with van der Waals surface area (Å²) in [6, 6.07) is 0. The Balaban J connectivity index is 1.76. The molecule has 1 atom stereocenters. The van der Waals surface area contributed by atoms with Crippen LogP contribution in [-0.2, 0) is 4.79 Å². The van der Waals surface area contributed by atoms with E-state index in [2.05, 4.69) is 15.5 Å². The average Bonchev–Trinajstić information content (AvgIpc) is 3.13. The van der Waals surface area contributed by atoms with E-state index in [1.807, 2.05) is 0 Å². The van der Waals surface area contributed by atoms with Crippen molar-refractivity contribution in [2.24, 2.45) is 0 Å². The number of amides is 2. The number of hydrogen-bond acceptors (Lipinski definition) is 4. The van der Waals surface area contributed by atoms with Crippen molar-refractivity contribution in [1.29, 1.82) is 0 Å². The summed E-state index contributed by atoms with van der Waals surface area (Å²) >= 11 is 0. The lowest BCUT2D eigenvalue weighted by Gasteiger charge is -2.21. The quantitative estimate of drug-likeness (QED) is 0.790. The molecule has 0 radical (unpaired) electrons. The zero-order chi connectivity index (χ0) is 14.8. The number of nitrogens with zero attached hydrogens (tertiary/aromatic N) is 3. The molecule has 3 heterocycles. The van der Waals surface area contributed by atoms with Crippen LogP contribution in [0.15, 0.2) is 6.20 Å². The molecular weight excluding hydrogens is 270 g/mol. The second-order valence-electron chi connectivity index (χ2n) is 5.74.